The molecular weight excluding hydrogens is 465 g/mol. The minimum atomic E-state index is -4.62. The van der Waals surface area contributed by atoms with Gasteiger partial charge >= 0.3 is 6.18 Å². The number of fused-ring (bicyclic) bond motifs is 1. The molecule has 1 amide bonds. The summed E-state index contributed by atoms with van der Waals surface area (Å²) in [4.78, 5) is 30.6. The van der Waals surface area contributed by atoms with Gasteiger partial charge in [0.2, 0.25) is 5.91 Å². The normalized spacial score (nSPS) is 11.5. The first kappa shape index (κ1) is 21.8. The average molecular weight is 483 g/mol. The Morgan fingerprint density at radius 1 is 1.20 bits per heavy atom. The molecule has 0 saturated heterocycles. The summed E-state index contributed by atoms with van der Waals surface area (Å²) in [6, 6.07) is 8.76. The summed E-state index contributed by atoms with van der Waals surface area (Å²) in [5.74, 6) is -0.639. The van der Waals surface area contributed by atoms with Crippen LogP contribution in [0.4, 0.5) is 24.5 Å². The van der Waals surface area contributed by atoms with E-state index < -0.39 is 17.6 Å². The highest BCUT2D eigenvalue weighted by atomic mass is 79.9. The summed E-state index contributed by atoms with van der Waals surface area (Å²) in [5, 5.41) is 2.68. The molecule has 0 aliphatic heterocycles. The largest absolute Gasteiger partial charge is 0.418 e. The van der Waals surface area contributed by atoms with E-state index in [4.69, 9.17) is 0 Å². The van der Waals surface area contributed by atoms with E-state index in [1.165, 1.54) is 23.0 Å². The second kappa shape index (κ2) is 8.47. The van der Waals surface area contributed by atoms with Gasteiger partial charge in [-0.15, -0.1) is 0 Å². The Morgan fingerprint density at radius 2 is 1.93 bits per heavy atom. The number of hydrogen-bond acceptors (Lipinski definition) is 4. The van der Waals surface area contributed by atoms with Crippen LogP contribution in [-0.2, 0) is 17.5 Å². The van der Waals surface area contributed by atoms with E-state index in [9.17, 15) is 22.8 Å². The summed E-state index contributed by atoms with van der Waals surface area (Å²) in [6.45, 7) is -0.0166. The maximum Gasteiger partial charge on any atom is 0.418 e. The maximum absolute atomic E-state index is 13.4. The molecule has 3 rings (SSSR count). The third-order valence-corrected chi connectivity index (χ3v) is 4.96. The summed E-state index contributed by atoms with van der Waals surface area (Å²) in [7, 11) is 3.25. The molecule has 1 aromatic heterocycles. The number of carbonyl (C=O) groups excluding carboxylic acids is 1. The predicted molar refractivity (Wildman–Crippen MR) is 113 cm³/mol. The van der Waals surface area contributed by atoms with E-state index >= 15 is 0 Å². The SMILES string of the molecule is CN(C)c1ccc(NC(=O)CCn2cnc3ccc(Br)cc3c2=O)c(C(F)(F)F)c1. The van der Waals surface area contributed by atoms with Crippen LogP contribution in [0.1, 0.15) is 12.0 Å². The van der Waals surface area contributed by atoms with Crippen LogP contribution in [0.15, 0.2) is 52.0 Å². The van der Waals surface area contributed by atoms with Crippen LogP contribution in [0.25, 0.3) is 10.9 Å². The molecule has 10 heteroatoms. The molecule has 3 aromatic rings. The topological polar surface area (TPSA) is 67.2 Å². The number of hydrogen-bond donors (Lipinski definition) is 1. The zero-order chi connectivity index (χ0) is 22.1. The Balaban J connectivity index is 1.78. The van der Waals surface area contributed by atoms with Crippen molar-refractivity contribution in [2.45, 2.75) is 19.1 Å². The molecule has 2 aromatic carbocycles. The molecule has 158 valence electrons. The van der Waals surface area contributed by atoms with E-state index in [2.05, 4.69) is 26.2 Å². The number of amides is 1. The average Bonchev–Trinajstić information content (AvgIpc) is 2.67. The minimum absolute atomic E-state index is 0.0166. The molecule has 1 heterocycles. The van der Waals surface area contributed by atoms with Gasteiger partial charge in [-0.3, -0.25) is 14.2 Å². The van der Waals surface area contributed by atoms with E-state index in [1.54, 1.807) is 37.2 Å². The van der Waals surface area contributed by atoms with Gasteiger partial charge in [0.15, 0.2) is 0 Å². The van der Waals surface area contributed by atoms with Gasteiger partial charge < -0.3 is 10.2 Å². The molecule has 0 aliphatic carbocycles. The van der Waals surface area contributed by atoms with E-state index in [0.29, 0.717) is 21.1 Å². The molecule has 1 N–H and O–H groups in total. The minimum Gasteiger partial charge on any atom is -0.378 e. The van der Waals surface area contributed by atoms with Gasteiger partial charge in [-0.2, -0.15) is 13.2 Å². The van der Waals surface area contributed by atoms with Gasteiger partial charge in [0.25, 0.3) is 5.56 Å². The Kier molecular flexibility index (Phi) is 6.16. The number of nitrogens with one attached hydrogen (secondary N) is 1. The highest BCUT2D eigenvalue weighted by Crippen LogP contribution is 2.37. The van der Waals surface area contributed by atoms with Crippen LogP contribution in [0.2, 0.25) is 0 Å². The molecule has 0 radical (unpaired) electrons. The van der Waals surface area contributed by atoms with Crippen LogP contribution < -0.4 is 15.8 Å². The number of halogens is 4. The standard InChI is InChI=1S/C20H18BrF3N4O2/c1-27(2)13-4-6-17(15(10-13)20(22,23)24)26-18(29)7-8-28-11-25-16-5-3-12(21)9-14(16)19(28)30/h3-6,9-11H,7-8H2,1-2H3,(H,26,29). The Bertz CT molecular complexity index is 1160. The van der Waals surface area contributed by atoms with Gasteiger partial charge in [-0.05, 0) is 36.4 Å². The van der Waals surface area contributed by atoms with Crippen molar-refractivity contribution >= 4 is 44.1 Å². The van der Waals surface area contributed by atoms with Gasteiger partial charge in [-0.1, -0.05) is 15.9 Å². The van der Waals surface area contributed by atoms with E-state index in [-0.39, 0.29) is 24.2 Å². The lowest BCUT2D eigenvalue weighted by molar-refractivity contribution is -0.136. The first-order valence-corrected chi connectivity index (χ1v) is 9.68. The predicted octanol–water partition coefficient (Wildman–Crippen LogP) is 4.27. The Labute approximate surface area is 178 Å². The van der Waals surface area contributed by atoms with Crippen molar-refractivity contribution in [1.82, 2.24) is 9.55 Å². The fourth-order valence-electron chi connectivity index (χ4n) is 2.88. The van der Waals surface area contributed by atoms with Gasteiger partial charge in [0.1, 0.15) is 0 Å². The number of nitrogens with zero attached hydrogens (tertiary/aromatic N) is 3. The fourth-order valence-corrected chi connectivity index (χ4v) is 3.24. The molecule has 0 aliphatic rings. The summed E-state index contributed by atoms with van der Waals surface area (Å²) in [5.41, 5.74) is -0.720. The van der Waals surface area contributed by atoms with Gasteiger partial charge in [-0.25, -0.2) is 4.98 Å². The highest BCUT2D eigenvalue weighted by Gasteiger charge is 2.34. The number of carbonyl (C=O) groups is 1. The molecule has 0 unspecified atom stereocenters. The van der Waals surface area contributed by atoms with Crippen LogP contribution in [0, 0.1) is 0 Å². The number of aryl methyl sites for hydroxylation is 1. The van der Waals surface area contributed by atoms with Crippen LogP contribution in [-0.4, -0.2) is 29.6 Å². The monoisotopic (exact) mass is 482 g/mol. The smallest absolute Gasteiger partial charge is 0.378 e. The molecule has 0 fully saturated rings. The highest BCUT2D eigenvalue weighted by molar-refractivity contribution is 9.10. The molecule has 0 atom stereocenters. The molecule has 6 nitrogen and oxygen atoms in total. The van der Waals surface area contributed by atoms with Crippen LogP contribution in [0.3, 0.4) is 0 Å². The van der Waals surface area contributed by atoms with Gasteiger partial charge in [0, 0.05) is 37.2 Å². The number of anilines is 2. The second-order valence-electron chi connectivity index (χ2n) is 6.82. The Hall–Kier alpha value is -2.88. The number of aromatic nitrogens is 2. The van der Waals surface area contributed by atoms with Crippen molar-refractivity contribution in [2.75, 3.05) is 24.3 Å². The number of alkyl halides is 3. The van der Waals surface area contributed by atoms with Crippen molar-refractivity contribution < 1.29 is 18.0 Å². The van der Waals surface area contributed by atoms with Crippen molar-refractivity contribution in [1.29, 1.82) is 0 Å². The van der Waals surface area contributed by atoms with Crippen molar-refractivity contribution in [3.63, 3.8) is 0 Å². The van der Waals surface area contributed by atoms with Crippen molar-refractivity contribution in [3.05, 3.63) is 63.1 Å². The summed E-state index contributed by atoms with van der Waals surface area (Å²) in [6.07, 6.45) is -3.49. The lowest BCUT2D eigenvalue weighted by Gasteiger charge is -2.18. The molecule has 0 bridgehead atoms. The van der Waals surface area contributed by atoms with E-state index in [1.807, 2.05) is 0 Å². The second-order valence-corrected chi connectivity index (χ2v) is 7.74. The number of benzene rings is 2. The fraction of sp³-hybridized carbons (Fsp3) is 0.250. The molecule has 0 saturated carbocycles. The molecular formula is C20H18BrF3N4O2. The Morgan fingerprint density at radius 3 is 2.60 bits per heavy atom. The molecule has 0 spiro atoms. The van der Waals surface area contributed by atoms with E-state index in [0.717, 1.165) is 6.07 Å². The number of rotatable bonds is 5. The van der Waals surface area contributed by atoms with Gasteiger partial charge in [0.05, 0.1) is 28.5 Å². The lowest BCUT2D eigenvalue weighted by Crippen LogP contribution is -2.24. The summed E-state index contributed by atoms with van der Waals surface area (Å²) < 4.78 is 42.2. The zero-order valence-electron chi connectivity index (χ0n) is 16.1. The summed E-state index contributed by atoms with van der Waals surface area (Å²) >= 11 is 3.29. The lowest BCUT2D eigenvalue weighted by atomic mass is 10.1. The van der Waals surface area contributed by atoms with Crippen molar-refractivity contribution in [3.8, 4) is 0 Å². The molecule has 30 heavy (non-hydrogen) atoms. The third-order valence-electron chi connectivity index (χ3n) is 4.46. The maximum atomic E-state index is 13.4. The van der Waals surface area contributed by atoms with Crippen molar-refractivity contribution in [2.24, 2.45) is 0 Å². The third kappa shape index (κ3) is 4.81. The zero-order valence-corrected chi connectivity index (χ0v) is 17.7. The van der Waals surface area contributed by atoms with Crippen LogP contribution >= 0.6 is 15.9 Å². The van der Waals surface area contributed by atoms with Crippen LogP contribution in [0.5, 0.6) is 0 Å². The first-order chi connectivity index (χ1) is 14.1. The quantitative estimate of drug-likeness (QED) is 0.589. The first-order valence-electron chi connectivity index (χ1n) is 8.89.